The second-order valence-electron chi connectivity index (χ2n) is 5.58. The summed E-state index contributed by atoms with van der Waals surface area (Å²) < 4.78 is 5.73. The molecule has 7 heteroatoms. The van der Waals surface area contributed by atoms with Gasteiger partial charge in [0.1, 0.15) is 0 Å². The second kappa shape index (κ2) is 7.90. The van der Waals surface area contributed by atoms with Crippen LogP contribution in [0.25, 0.3) is 0 Å². The van der Waals surface area contributed by atoms with Gasteiger partial charge in [0.25, 0.3) is 5.78 Å². The summed E-state index contributed by atoms with van der Waals surface area (Å²) in [7, 11) is 0. The minimum Gasteiger partial charge on any atom is -0.460 e. The van der Waals surface area contributed by atoms with Gasteiger partial charge in [0, 0.05) is 10.2 Å². The van der Waals surface area contributed by atoms with Gasteiger partial charge in [-0.2, -0.15) is 0 Å². The standard InChI is InChI=1S/C17H19BrN2O3S/c1-4-23-16(22)15(21)12-13(9(2)3)19-17(24)20-14(12)10-7-5-6-8-11(10)18/h5-9,14H,4H2,1-3H3,(H2,19,20,24)/t14-/m0/s1. The Hall–Kier alpha value is -1.73. The fourth-order valence-electron chi connectivity index (χ4n) is 2.54. The number of carbonyl (C=O) groups excluding carboxylic acids is 2. The SMILES string of the molecule is CCOC(=O)C(=O)C1=C(C(C)C)NC(=S)N[C@H]1c1ccccc1Br. The Kier molecular flexibility index (Phi) is 6.12. The number of hydrogen-bond donors (Lipinski definition) is 2. The van der Waals surface area contributed by atoms with Crippen LogP contribution in [0.2, 0.25) is 0 Å². The van der Waals surface area contributed by atoms with Crippen molar-refractivity contribution in [1.82, 2.24) is 10.6 Å². The highest BCUT2D eigenvalue weighted by Gasteiger charge is 2.36. The largest absolute Gasteiger partial charge is 0.460 e. The van der Waals surface area contributed by atoms with E-state index in [9.17, 15) is 9.59 Å². The lowest BCUT2D eigenvalue weighted by Crippen LogP contribution is -2.47. The predicted molar refractivity (Wildman–Crippen MR) is 99.3 cm³/mol. The third-order valence-corrected chi connectivity index (χ3v) is 4.54. The number of carbonyl (C=O) groups is 2. The van der Waals surface area contributed by atoms with E-state index in [-0.39, 0.29) is 12.5 Å². The first-order valence-electron chi connectivity index (χ1n) is 7.64. The van der Waals surface area contributed by atoms with Crippen LogP contribution < -0.4 is 10.6 Å². The molecule has 24 heavy (non-hydrogen) atoms. The maximum absolute atomic E-state index is 12.7. The van der Waals surface area contributed by atoms with Gasteiger partial charge in [-0.25, -0.2) is 4.79 Å². The van der Waals surface area contributed by atoms with E-state index in [1.54, 1.807) is 6.92 Å². The number of allylic oxidation sites excluding steroid dienone is 1. The van der Waals surface area contributed by atoms with Crippen molar-refractivity contribution in [3.63, 3.8) is 0 Å². The van der Waals surface area contributed by atoms with Gasteiger partial charge in [-0.1, -0.05) is 48.0 Å². The first-order valence-corrected chi connectivity index (χ1v) is 8.84. The Morgan fingerprint density at radius 1 is 1.33 bits per heavy atom. The Morgan fingerprint density at radius 3 is 2.58 bits per heavy atom. The molecule has 0 aliphatic carbocycles. The number of ketones is 1. The Balaban J connectivity index is 2.60. The van der Waals surface area contributed by atoms with Gasteiger partial charge < -0.3 is 15.4 Å². The van der Waals surface area contributed by atoms with Crippen LogP contribution in [-0.2, 0) is 14.3 Å². The molecule has 1 atom stereocenters. The maximum Gasteiger partial charge on any atom is 0.379 e. The summed E-state index contributed by atoms with van der Waals surface area (Å²) >= 11 is 8.78. The molecular formula is C17H19BrN2O3S. The van der Waals surface area contributed by atoms with Crippen LogP contribution in [0.5, 0.6) is 0 Å². The predicted octanol–water partition coefficient (Wildman–Crippen LogP) is 3.01. The van der Waals surface area contributed by atoms with Crippen LogP contribution in [0.3, 0.4) is 0 Å². The van der Waals surface area contributed by atoms with Crippen molar-refractivity contribution < 1.29 is 14.3 Å². The molecule has 0 bridgehead atoms. The highest BCUT2D eigenvalue weighted by Crippen LogP contribution is 2.34. The number of thiocarbonyl (C=S) groups is 1. The van der Waals surface area contributed by atoms with Gasteiger partial charge in [0.05, 0.1) is 18.2 Å². The minimum atomic E-state index is -0.862. The van der Waals surface area contributed by atoms with E-state index in [1.165, 1.54) is 0 Å². The monoisotopic (exact) mass is 410 g/mol. The van der Waals surface area contributed by atoms with Crippen LogP contribution >= 0.6 is 28.1 Å². The van der Waals surface area contributed by atoms with Crippen LogP contribution in [0.1, 0.15) is 32.4 Å². The number of esters is 1. The zero-order valence-electron chi connectivity index (χ0n) is 13.7. The summed E-state index contributed by atoms with van der Waals surface area (Å²) in [6, 6.07) is 6.99. The van der Waals surface area contributed by atoms with Gasteiger partial charge >= 0.3 is 5.97 Å². The van der Waals surface area contributed by atoms with E-state index in [1.807, 2.05) is 38.1 Å². The summed E-state index contributed by atoms with van der Waals surface area (Å²) in [5.74, 6) is -1.54. The molecule has 1 heterocycles. The Bertz CT molecular complexity index is 716. The third-order valence-electron chi connectivity index (χ3n) is 3.60. The highest BCUT2D eigenvalue weighted by molar-refractivity contribution is 9.10. The zero-order valence-corrected chi connectivity index (χ0v) is 16.1. The molecule has 2 rings (SSSR count). The molecule has 0 unspecified atom stereocenters. The number of rotatable bonds is 5. The molecule has 0 saturated heterocycles. The minimum absolute atomic E-state index is 0.0107. The Morgan fingerprint density at radius 2 is 2.00 bits per heavy atom. The number of Topliss-reactive ketones (excluding diaryl/α,β-unsaturated/α-hetero) is 1. The normalized spacial score (nSPS) is 17.4. The quantitative estimate of drug-likeness (QED) is 0.441. The average Bonchev–Trinajstić information content (AvgIpc) is 2.54. The van der Waals surface area contributed by atoms with Gasteiger partial charge in [-0.3, -0.25) is 4.79 Å². The van der Waals surface area contributed by atoms with Crippen molar-refractivity contribution in [2.45, 2.75) is 26.8 Å². The lowest BCUT2D eigenvalue weighted by Gasteiger charge is -2.33. The third kappa shape index (κ3) is 3.84. The molecule has 0 amide bonds. The summed E-state index contributed by atoms with van der Waals surface area (Å²) in [5.41, 5.74) is 1.80. The molecule has 2 N–H and O–H groups in total. The molecule has 0 aromatic heterocycles. The number of nitrogens with one attached hydrogen (secondary N) is 2. The molecule has 0 spiro atoms. The van der Waals surface area contributed by atoms with Crippen LogP contribution in [0.15, 0.2) is 40.0 Å². The van der Waals surface area contributed by atoms with E-state index in [0.29, 0.717) is 16.4 Å². The molecule has 0 fully saturated rings. The van der Waals surface area contributed by atoms with E-state index in [2.05, 4.69) is 26.6 Å². The Labute approximate surface area is 155 Å². The fourth-order valence-corrected chi connectivity index (χ4v) is 3.28. The number of hydrogen-bond acceptors (Lipinski definition) is 4. The first kappa shape index (κ1) is 18.6. The zero-order chi connectivity index (χ0) is 17.9. The lowest BCUT2D eigenvalue weighted by atomic mass is 9.89. The highest BCUT2D eigenvalue weighted by atomic mass is 79.9. The van der Waals surface area contributed by atoms with Gasteiger partial charge in [0.2, 0.25) is 0 Å². The molecule has 1 aromatic carbocycles. The first-order chi connectivity index (χ1) is 11.4. The smallest absolute Gasteiger partial charge is 0.379 e. The maximum atomic E-state index is 12.7. The van der Waals surface area contributed by atoms with Gasteiger partial charge in [0.15, 0.2) is 5.11 Å². The summed E-state index contributed by atoms with van der Waals surface area (Å²) in [6.45, 7) is 5.69. The molecule has 5 nitrogen and oxygen atoms in total. The van der Waals surface area contributed by atoms with Crippen molar-refractivity contribution in [2.24, 2.45) is 5.92 Å². The molecule has 1 aliphatic rings. The van der Waals surface area contributed by atoms with Gasteiger partial charge in [-0.05, 0) is 36.7 Å². The average molecular weight is 411 g/mol. The molecular weight excluding hydrogens is 392 g/mol. The molecule has 0 saturated carbocycles. The van der Waals surface area contributed by atoms with E-state index >= 15 is 0 Å². The number of benzene rings is 1. The van der Waals surface area contributed by atoms with Crippen molar-refractivity contribution in [3.05, 3.63) is 45.6 Å². The molecule has 1 aliphatic heterocycles. The fraction of sp³-hybridized carbons (Fsp3) is 0.353. The van der Waals surface area contributed by atoms with Crippen molar-refractivity contribution in [1.29, 1.82) is 0 Å². The van der Waals surface area contributed by atoms with E-state index in [4.69, 9.17) is 17.0 Å². The molecule has 1 aromatic rings. The summed E-state index contributed by atoms with van der Waals surface area (Å²) in [4.78, 5) is 24.8. The number of ether oxygens (including phenoxy) is 1. The van der Waals surface area contributed by atoms with Crippen LogP contribution in [0, 0.1) is 5.92 Å². The van der Waals surface area contributed by atoms with Gasteiger partial charge in [-0.15, -0.1) is 0 Å². The second-order valence-corrected chi connectivity index (χ2v) is 6.85. The topological polar surface area (TPSA) is 67.4 Å². The molecule has 0 radical (unpaired) electrons. The van der Waals surface area contributed by atoms with E-state index in [0.717, 1.165) is 10.0 Å². The molecule has 128 valence electrons. The van der Waals surface area contributed by atoms with E-state index < -0.39 is 17.8 Å². The van der Waals surface area contributed by atoms with Crippen molar-refractivity contribution >= 4 is 45.0 Å². The van der Waals surface area contributed by atoms with Crippen LogP contribution in [0.4, 0.5) is 0 Å². The van der Waals surface area contributed by atoms with Crippen molar-refractivity contribution in [3.8, 4) is 0 Å². The summed E-state index contributed by atoms with van der Waals surface area (Å²) in [6.07, 6.45) is 0. The lowest BCUT2D eigenvalue weighted by molar-refractivity contribution is -0.152. The van der Waals surface area contributed by atoms with Crippen LogP contribution in [-0.4, -0.2) is 23.5 Å². The summed E-state index contributed by atoms with van der Waals surface area (Å²) in [5, 5.41) is 6.53. The van der Waals surface area contributed by atoms with Crippen molar-refractivity contribution in [2.75, 3.05) is 6.61 Å². The number of halogens is 1.